The lowest BCUT2D eigenvalue weighted by Gasteiger charge is -2.20. The molecule has 0 unspecified atom stereocenters. The van der Waals surface area contributed by atoms with E-state index < -0.39 is 0 Å². The minimum atomic E-state index is 0.0675. The van der Waals surface area contributed by atoms with Crippen LogP contribution in [0.15, 0.2) is 87.0 Å². The summed E-state index contributed by atoms with van der Waals surface area (Å²) in [4.78, 5) is 14.8. The number of rotatable bonds is 9. The van der Waals surface area contributed by atoms with E-state index >= 15 is 0 Å². The molecule has 1 amide bonds. The van der Waals surface area contributed by atoms with Crippen LogP contribution in [-0.4, -0.2) is 37.9 Å². The number of aromatic nitrogens is 3. The zero-order valence-corrected chi connectivity index (χ0v) is 20.1. The maximum absolute atomic E-state index is 12.9. The Labute approximate surface area is 199 Å². The number of halogens is 1. The number of carbonyl (C=O) groups is 1. The van der Waals surface area contributed by atoms with Crippen LogP contribution < -0.4 is 0 Å². The monoisotopic (exact) mass is 510 g/mol. The van der Waals surface area contributed by atoms with Crippen molar-refractivity contribution in [1.29, 1.82) is 0 Å². The standard InChI is InChI=1S/C24H23BrN4O2S/c1-2-28(15-18-9-5-3-6-10-18)22(30)17-32-24-27-26-23(20-13-14-21(25)31-20)29(24)16-19-11-7-4-8-12-19/h3-14H,2,15-17H2,1H3. The number of nitrogens with zero attached hydrogens (tertiary/aromatic N) is 4. The van der Waals surface area contributed by atoms with Crippen molar-refractivity contribution >= 4 is 33.6 Å². The van der Waals surface area contributed by atoms with Gasteiger partial charge in [0.1, 0.15) is 0 Å². The normalized spacial score (nSPS) is 10.9. The van der Waals surface area contributed by atoms with E-state index in [9.17, 15) is 4.79 Å². The number of furan rings is 1. The van der Waals surface area contributed by atoms with Crippen molar-refractivity contribution in [3.63, 3.8) is 0 Å². The first-order valence-electron chi connectivity index (χ1n) is 10.3. The van der Waals surface area contributed by atoms with E-state index in [1.165, 1.54) is 11.8 Å². The fourth-order valence-corrected chi connectivity index (χ4v) is 4.47. The van der Waals surface area contributed by atoms with E-state index in [2.05, 4.69) is 38.3 Å². The van der Waals surface area contributed by atoms with E-state index in [1.54, 1.807) is 0 Å². The van der Waals surface area contributed by atoms with Crippen LogP contribution in [0.4, 0.5) is 0 Å². The molecule has 0 radical (unpaired) electrons. The Balaban J connectivity index is 1.52. The third-order valence-electron chi connectivity index (χ3n) is 4.97. The highest BCUT2D eigenvalue weighted by atomic mass is 79.9. The van der Waals surface area contributed by atoms with Crippen molar-refractivity contribution in [3.8, 4) is 11.6 Å². The smallest absolute Gasteiger partial charge is 0.233 e. The molecular weight excluding hydrogens is 488 g/mol. The number of amides is 1. The first-order valence-corrected chi connectivity index (χ1v) is 12.1. The maximum Gasteiger partial charge on any atom is 0.233 e. The number of thioether (sulfide) groups is 1. The Morgan fingerprint density at radius 3 is 2.31 bits per heavy atom. The van der Waals surface area contributed by atoms with Gasteiger partial charge in [-0.15, -0.1) is 10.2 Å². The van der Waals surface area contributed by atoms with Crippen molar-refractivity contribution in [2.24, 2.45) is 0 Å². The number of hydrogen-bond donors (Lipinski definition) is 0. The van der Waals surface area contributed by atoms with E-state index in [4.69, 9.17) is 4.42 Å². The first kappa shape index (κ1) is 22.4. The summed E-state index contributed by atoms with van der Waals surface area (Å²) in [6, 6.07) is 23.8. The molecule has 0 bridgehead atoms. The van der Waals surface area contributed by atoms with Crippen molar-refractivity contribution in [1.82, 2.24) is 19.7 Å². The Hall–Kier alpha value is -2.84. The Morgan fingerprint density at radius 1 is 1.00 bits per heavy atom. The number of carbonyl (C=O) groups excluding carboxylic acids is 1. The third kappa shape index (κ3) is 5.49. The molecule has 0 saturated heterocycles. The van der Waals surface area contributed by atoms with E-state index in [1.807, 2.05) is 77.1 Å². The van der Waals surface area contributed by atoms with Crippen molar-refractivity contribution < 1.29 is 9.21 Å². The predicted molar refractivity (Wildman–Crippen MR) is 129 cm³/mol. The molecule has 0 aliphatic heterocycles. The van der Waals surface area contributed by atoms with Gasteiger partial charge in [-0.05, 0) is 46.1 Å². The quantitative estimate of drug-likeness (QED) is 0.278. The zero-order valence-electron chi connectivity index (χ0n) is 17.6. The van der Waals surface area contributed by atoms with Gasteiger partial charge in [0.2, 0.25) is 11.7 Å². The predicted octanol–water partition coefficient (Wildman–Crippen LogP) is 5.49. The van der Waals surface area contributed by atoms with Gasteiger partial charge in [-0.25, -0.2) is 0 Å². The van der Waals surface area contributed by atoms with Crippen LogP contribution in [0.1, 0.15) is 18.1 Å². The Kier molecular flexibility index (Phi) is 7.44. The molecule has 2 aromatic heterocycles. The molecule has 32 heavy (non-hydrogen) atoms. The maximum atomic E-state index is 12.9. The molecule has 6 nitrogen and oxygen atoms in total. The van der Waals surface area contributed by atoms with Crippen molar-refractivity contribution in [3.05, 3.63) is 88.6 Å². The molecular formula is C24H23BrN4O2S. The van der Waals surface area contributed by atoms with Crippen LogP contribution in [0.5, 0.6) is 0 Å². The number of hydrogen-bond acceptors (Lipinski definition) is 5. The van der Waals surface area contributed by atoms with Gasteiger partial charge < -0.3 is 9.32 Å². The topological polar surface area (TPSA) is 64.2 Å². The van der Waals surface area contributed by atoms with E-state index in [0.29, 0.717) is 41.0 Å². The molecule has 0 saturated carbocycles. The van der Waals surface area contributed by atoms with Crippen LogP contribution in [0.2, 0.25) is 0 Å². The highest BCUT2D eigenvalue weighted by Gasteiger charge is 2.20. The van der Waals surface area contributed by atoms with Gasteiger partial charge in [-0.1, -0.05) is 72.4 Å². The van der Waals surface area contributed by atoms with Gasteiger partial charge in [0.25, 0.3) is 0 Å². The Morgan fingerprint density at radius 2 is 1.69 bits per heavy atom. The molecule has 0 fully saturated rings. The molecule has 4 rings (SSSR count). The summed E-state index contributed by atoms with van der Waals surface area (Å²) < 4.78 is 8.34. The zero-order chi connectivity index (χ0) is 22.3. The highest BCUT2D eigenvalue weighted by molar-refractivity contribution is 9.10. The number of benzene rings is 2. The van der Waals surface area contributed by atoms with Gasteiger partial charge in [-0.3, -0.25) is 9.36 Å². The second kappa shape index (κ2) is 10.7. The lowest BCUT2D eigenvalue weighted by atomic mass is 10.2. The SMILES string of the molecule is CCN(Cc1ccccc1)C(=O)CSc1nnc(-c2ccc(Br)o2)n1Cc1ccccc1. The van der Waals surface area contributed by atoms with E-state index in [0.717, 1.165) is 11.1 Å². The lowest BCUT2D eigenvalue weighted by molar-refractivity contribution is -0.128. The van der Waals surface area contributed by atoms with Gasteiger partial charge in [0, 0.05) is 13.1 Å². The third-order valence-corrected chi connectivity index (χ3v) is 6.35. The minimum absolute atomic E-state index is 0.0675. The average Bonchev–Trinajstić information content (AvgIpc) is 3.43. The van der Waals surface area contributed by atoms with Crippen molar-refractivity contribution in [2.75, 3.05) is 12.3 Å². The molecule has 0 aliphatic rings. The Bertz CT molecular complexity index is 1160. The summed E-state index contributed by atoms with van der Waals surface area (Å²) in [5, 5.41) is 9.41. The van der Waals surface area contributed by atoms with Crippen LogP contribution in [-0.2, 0) is 17.9 Å². The molecule has 2 heterocycles. The van der Waals surface area contributed by atoms with Crippen LogP contribution >= 0.6 is 27.7 Å². The van der Waals surface area contributed by atoms with Gasteiger partial charge in [0.15, 0.2) is 15.6 Å². The molecule has 0 spiro atoms. The van der Waals surface area contributed by atoms with Crippen LogP contribution in [0.25, 0.3) is 11.6 Å². The molecule has 0 N–H and O–H groups in total. The summed E-state index contributed by atoms with van der Waals surface area (Å²) in [7, 11) is 0. The second-order valence-corrected chi connectivity index (χ2v) is 8.89. The first-order chi connectivity index (χ1) is 15.6. The molecule has 164 valence electrons. The molecule has 4 aromatic rings. The average molecular weight is 511 g/mol. The summed E-state index contributed by atoms with van der Waals surface area (Å²) in [6.45, 7) is 3.82. The summed E-state index contributed by atoms with van der Waals surface area (Å²) in [6.07, 6.45) is 0. The van der Waals surface area contributed by atoms with Crippen molar-refractivity contribution in [2.45, 2.75) is 25.2 Å². The summed E-state index contributed by atoms with van der Waals surface area (Å²) in [5.41, 5.74) is 2.23. The fraction of sp³-hybridized carbons (Fsp3) is 0.208. The summed E-state index contributed by atoms with van der Waals surface area (Å²) in [5.74, 6) is 1.61. The van der Waals surface area contributed by atoms with Gasteiger partial charge in [-0.2, -0.15) is 0 Å². The highest BCUT2D eigenvalue weighted by Crippen LogP contribution is 2.28. The lowest BCUT2D eigenvalue weighted by Crippen LogP contribution is -2.31. The second-order valence-electron chi connectivity index (χ2n) is 7.16. The van der Waals surface area contributed by atoms with E-state index in [-0.39, 0.29) is 11.7 Å². The summed E-state index contributed by atoms with van der Waals surface area (Å²) >= 11 is 4.74. The minimum Gasteiger partial charge on any atom is -0.446 e. The largest absolute Gasteiger partial charge is 0.446 e. The molecule has 2 aromatic carbocycles. The molecule has 0 aliphatic carbocycles. The molecule has 0 atom stereocenters. The molecule has 8 heteroatoms. The van der Waals surface area contributed by atoms with Crippen LogP contribution in [0.3, 0.4) is 0 Å². The van der Waals surface area contributed by atoms with Crippen LogP contribution in [0, 0.1) is 0 Å². The van der Waals surface area contributed by atoms with Gasteiger partial charge >= 0.3 is 0 Å². The fourth-order valence-electron chi connectivity index (χ4n) is 3.32. The van der Waals surface area contributed by atoms with Gasteiger partial charge in [0.05, 0.1) is 12.3 Å².